The van der Waals surface area contributed by atoms with Crippen LogP contribution >= 0.6 is 23.2 Å². The van der Waals surface area contributed by atoms with Crippen LogP contribution in [0.4, 0.5) is 0 Å². The third-order valence-corrected chi connectivity index (χ3v) is 4.08. The number of benzene rings is 2. The number of halogens is 2. The number of rotatable bonds is 4. The van der Waals surface area contributed by atoms with Crippen molar-refractivity contribution in [2.75, 3.05) is 6.61 Å². The normalized spacial score (nSPS) is 10.8. The van der Waals surface area contributed by atoms with E-state index in [-0.39, 0.29) is 5.56 Å². The van der Waals surface area contributed by atoms with Gasteiger partial charge in [-0.2, -0.15) is 0 Å². The highest BCUT2D eigenvalue weighted by molar-refractivity contribution is 6.36. The summed E-state index contributed by atoms with van der Waals surface area (Å²) in [5.74, 6) is -0.436. The molecule has 3 rings (SSSR count). The van der Waals surface area contributed by atoms with E-state index in [1.807, 2.05) is 6.92 Å². The highest BCUT2D eigenvalue weighted by atomic mass is 35.5. The van der Waals surface area contributed by atoms with E-state index in [1.165, 1.54) is 6.07 Å². The highest BCUT2D eigenvalue weighted by Crippen LogP contribution is 2.32. The zero-order valence-electron chi connectivity index (χ0n) is 12.7. The third kappa shape index (κ3) is 3.16. The van der Waals surface area contributed by atoms with E-state index in [2.05, 4.69) is 4.98 Å². The Hall–Kier alpha value is -2.30. The number of carbonyl (C=O) groups is 1. The minimum atomic E-state index is -1.04. The van der Waals surface area contributed by atoms with Gasteiger partial charge in [0.25, 0.3) is 0 Å². The number of fused-ring (bicyclic) bond motifs is 1. The summed E-state index contributed by atoms with van der Waals surface area (Å²) in [4.78, 5) is 16.2. The van der Waals surface area contributed by atoms with Gasteiger partial charge in [0, 0.05) is 16.0 Å². The smallest absolute Gasteiger partial charge is 0.336 e. The van der Waals surface area contributed by atoms with Crippen LogP contribution in [-0.2, 0) is 0 Å². The van der Waals surface area contributed by atoms with Crippen LogP contribution in [0.2, 0.25) is 10.0 Å². The summed E-state index contributed by atoms with van der Waals surface area (Å²) in [6.07, 6.45) is 0. The second-order valence-corrected chi connectivity index (χ2v) is 5.94. The van der Waals surface area contributed by atoms with Gasteiger partial charge in [-0.3, -0.25) is 0 Å². The highest BCUT2D eigenvalue weighted by Gasteiger charge is 2.15. The summed E-state index contributed by atoms with van der Waals surface area (Å²) in [5.41, 5.74) is 1.80. The predicted octanol–water partition coefficient (Wildman–Crippen LogP) is 5.31. The molecule has 0 aliphatic heterocycles. The first kappa shape index (κ1) is 16.6. The number of hydrogen-bond donors (Lipinski definition) is 1. The molecular weight excluding hydrogens is 349 g/mol. The summed E-state index contributed by atoms with van der Waals surface area (Å²) in [6.45, 7) is 2.37. The minimum absolute atomic E-state index is 0.141. The van der Waals surface area contributed by atoms with Gasteiger partial charge in [0.1, 0.15) is 5.75 Å². The van der Waals surface area contributed by atoms with Crippen molar-refractivity contribution >= 4 is 40.1 Å². The average molecular weight is 362 g/mol. The molecule has 4 nitrogen and oxygen atoms in total. The quantitative estimate of drug-likeness (QED) is 0.684. The number of aromatic carboxylic acids is 1. The number of carboxylic acid groups (broad SMARTS) is 1. The summed E-state index contributed by atoms with van der Waals surface area (Å²) < 4.78 is 5.44. The van der Waals surface area contributed by atoms with Crippen molar-refractivity contribution in [1.29, 1.82) is 0 Å². The van der Waals surface area contributed by atoms with Gasteiger partial charge < -0.3 is 9.84 Å². The van der Waals surface area contributed by atoms with Crippen molar-refractivity contribution in [3.05, 3.63) is 58.1 Å². The lowest BCUT2D eigenvalue weighted by molar-refractivity contribution is 0.0699. The summed E-state index contributed by atoms with van der Waals surface area (Å²) in [5, 5.41) is 11.0. The fourth-order valence-electron chi connectivity index (χ4n) is 2.47. The summed E-state index contributed by atoms with van der Waals surface area (Å²) >= 11 is 12.1. The molecule has 6 heteroatoms. The Morgan fingerprint density at radius 3 is 2.62 bits per heavy atom. The summed E-state index contributed by atoms with van der Waals surface area (Å²) in [7, 11) is 0. The Bertz CT molecular complexity index is 941. The molecule has 3 aromatic rings. The zero-order chi connectivity index (χ0) is 17.3. The molecule has 0 saturated heterocycles. The van der Waals surface area contributed by atoms with Crippen LogP contribution in [0.5, 0.6) is 5.75 Å². The maximum absolute atomic E-state index is 11.7. The fraction of sp³-hybridized carbons (Fsp3) is 0.111. The van der Waals surface area contributed by atoms with E-state index in [0.717, 1.165) is 0 Å². The lowest BCUT2D eigenvalue weighted by Crippen LogP contribution is -2.01. The van der Waals surface area contributed by atoms with Gasteiger partial charge >= 0.3 is 5.97 Å². The molecule has 0 amide bonds. The lowest BCUT2D eigenvalue weighted by Gasteiger charge is -2.10. The molecule has 24 heavy (non-hydrogen) atoms. The monoisotopic (exact) mass is 361 g/mol. The molecule has 122 valence electrons. The van der Waals surface area contributed by atoms with Gasteiger partial charge in [-0.25, -0.2) is 9.78 Å². The second kappa shape index (κ2) is 6.67. The van der Waals surface area contributed by atoms with Gasteiger partial charge in [0.2, 0.25) is 0 Å². The maximum Gasteiger partial charge on any atom is 0.336 e. The van der Waals surface area contributed by atoms with Gasteiger partial charge in [0.05, 0.1) is 28.4 Å². The van der Waals surface area contributed by atoms with Gasteiger partial charge in [0.15, 0.2) is 0 Å². The number of carboxylic acids is 1. The molecule has 0 spiro atoms. The van der Waals surface area contributed by atoms with Crippen LogP contribution < -0.4 is 4.74 Å². The summed E-state index contributed by atoms with van der Waals surface area (Å²) in [6, 6.07) is 11.7. The van der Waals surface area contributed by atoms with Crippen molar-refractivity contribution in [2.45, 2.75) is 6.92 Å². The van der Waals surface area contributed by atoms with Crippen LogP contribution in [-0.4, -0.2) is 22.7 Å². The van der Waals surface area contributed by atoms with E-state index in [9.17, 15) is 9.90 Å². The number of nitrogens with zero attached hydrogens (tertiary/aromatic N) is 1. The van der Waals surface area contributed by atoms with Crippen LogP contribution in [0, 0.1) is 0 Å². The van der Waals surface area contributed by atoms with E-state index in [1.54, 1.807) is 36.4 Å². The van der Waals surface area contributed by atoms with E-state index in [4.69, 9.17) is 27.9 Å². The number of hydrogen-bond acceptors (Lipinski definition) is 3. The van der Waals surface area contributed by atoms with E-state index < -0.39 is 5.97 Å². The molecule has 0 aliphatic carbocycles. The van der Waals surface area contributed by atoms with Crippen LogP contribution in [0.15, 0.2) is 42.5 Å². The Morgan fingerprint density at radius 1 is 1.17 bits per heavy atom. The average Bonchev–Trinajstić information content (AvgIpc) is 2.54. The van der Waals surface area contributed by atoms with Crippen LogP contribution in [0.1, 0.15) is 17.3 Å². The molecule has 0 aliphatic rings. The number of aromatic nitrogens is 1. The molecule has 0 radical (unpaired) electrons. The molecule has 0 saturated carbocycles. The molecule has 0 atom stereocenters. The fourth-order valence-corrected chi connectivity index (χ4v) is 2.98. The van der Waals surface area contributed by atoms with Gasteiger partial charge in [-0.1, -0.05) is 23.2 Å². The Morgan fingerprint density at radius 2 is 1.96 bits per heavy atom. The number of pyridine rings is 1. The van der Waals surface area contributed by atoms with Crippen LogP contribution in [0.3, 0.4) is 0 Å². The molecule has 1 N–H and O–H groups in total. The van der Waals surface area contributed by atoms with E-state index >= 15 is 0 Å². The van der Waals surface area contributed by atoms with E-state index in [0.29, 0.717) is 44.6 Å². The molecule has 0 bridgehead atoms. The first-order chi connectivity index (χ1) is 11.5. The lowest BCUT2D eigenvalue weighted by atomic mass is 10.0. The van der Waals surface area contributed by atoms with Crippen molar-refractivity contribution < 1.29 is 14.6 Å². The predicted molar refractivity (Wildman–Crippen MR) is 95.3 cm³/mol. The first-order valence-corrected chi connectivity index (χ1v) is 8.01. The van der Waals surface area contributed by atoms with Gasteiger partial charge in [-0.15, -0.1) is 0 Å². The van der Waals surface area contributed by atoms with Crippen molar-refractivity contribution in [3.8, 4) is 17.0 Å². The molecule has 2 aromatic carbocycles. The standard InChI is InChI=1S/C18H13Cl2NO3/c1-2-24-11-4-6-16-13(8-11)14(18(22)23)9-17(21-16)12-5-3-10(19)7-15(12)20/h3-9H,2H2,1H3,(H,22,23). The molecule has 1 heterocycles. The van der Waals surface area contributed by atoms with Crippen molar-refractivity contribution in [2.24, 2.45) is 0 Å². The Kier molecular flexibility index (Phi) is 4.60. The minimum Gasteiger partial charge on any atom is -0.494 e. The zero-order valence-corrected chi connectivity index (χ0v) is 14.2. The van der Waals surface area contributed by atoms with Gasteiger partial charge in [-0.05, 0) is 49.4 Å². The SMILES string of the molecule is CCOc1ccc2nc(-c3ccc(Cl)cc3Cl)cc(C(=O)O)c2c1. The van der Waals surface area contributed by atoms with Crippen LogP contribution in [0.25, 0.3) is 22.2 Å². The molecule has 1 aromatic heterocycles. The Balaban J connectivity index is 2.24. The molecule has 0 fully saturated rings. The maximum atomic E-state index is 11.7. The van der Waals surface area contributed by atoms with Crippen molar-refractivity contribution in [3.63, 3.8) is 0 Å². The third-order valence-electron chi connectivity index (χ3n) is 3.53. The largest absolute Gasteiger partial charge is 0.494 e. The molecular formula is C18H13Cl2NO3. The topological polar surface area (TPSA) is 59.4 Å². The number of ether oxygens (including phenoxy) is 1. The van der Waals surface area contributed by atoms with Crippen molar-refractivity contribution in [1.82, 2.24) is 4.98 Å². The Labute approximate surface area is 148 Å². The molecule has 0 unspecified atom stereocenters. The second-order valence-electron chi connectivity index (χ2n) is 5.10. The first-order valence-electron chi connectivity index (χ1n) is 7.26.